The zero-order valence-corrected chi connectivity index (χ0v) is 17.3. The van der Waals surface area contributed by atoms with E-state index in [1.54, 1.807) is 6.21 Å². The number of rotatable bonds is 7. The monoisotopic (exact) mass is 405 g/mol. The van der Waals surface area contributed by atoms with Crippen molar-refractivity contribution in [2.24, 2.45) is 16.0 Å². The fourth-order valence-electron chi connectivity index (χ4n) is 3.19. The third-order valence-electron chi connectivity index (χ3n) is 4.66. The number of carbonyl (C=O) groups is 1. The van der Waals surface area contributed by atoms with Crippen molar-refractivity contribution in [1.82, 2.24) is 9.88 Å². The van der Waals surface area contributed by atoms with Crippen LogP contribution in [0.15, 0.2) is 64.7 Å². The first-order valence-electron chi connectivity index (χ1n) is 9.61. The van der Waals surface area contributed by atoms with Gasteiger partial charge in [-0.25, -0.2) is 4.98 Å². The molecular formula is C22H23N5OS. The average molecular weight is 406 g/mol. The Kier molecular flexibility index (Phi) is 5.78. The molecule has 2 heterocycles. The molecule has 1 atom stereocenters. The summed E-state index contributed by atoms with van der Waals surface area (Å²) in [4.78, 5) is 24.5. The lowest BCUT2D eigenvalue weighted by Crippen LogP contribution is -2.28. The number of para-hydroxylation sites is 1. The molecule has 29 heavy (non-hydrogen) atoms. The number of benzene rings is 2. The van der Waals surface area contributed by atoms with Crippen LogP contribution in [0.25, 0.3) is 10.2 Å². The van der Waals surface area contributed by atoms with Crippen LogP contribution in [0.1, 0.15) is 12.0 Å². The number of hydrogen-bond acceptors (Lipinski definition) is 6. The Morgan fingerprint density at radius 1 is 1.14 bits per heavy atom. The molecule has 0 bridgehead atoms. The Morgan fingerprint density at radius 3 is 2.66 bits per heavy atom. The number of nitrogens with zero attached hydrogens (tertiary/aromatic N) is 5. The number of thiazole rings is 1. The summed E-state index contributed by atoms with van der Waals surface area (Å²) in [6.07, 6.45) is 2.70. The number of carbonyl (C=O) groups excluding carboxylic acids is 1. The maximum Gasteiger partial charge on any atom is 0.264 e. The van der Waals surface area contributed by atoms with Gasteiger partial charge in [-0.3, -0.25) is 9.79 Å². The van der Waals surface area contributed by atoms with E-state index in [0.29, 0.717) is 17.4 Å². The Bertz CT molecular complexity index is 1020. The second-order valence-electron chi connectivity index (χ2n) is 7.16. The van der Waals surface area contributed by atoms with Crippen LogP contribution in [0.4, 0.5) is 5.13 Å². The second-order valence-corrected chi connectivity index (χ2v) is 8.16. The van der Waals surface area contributed by atoms with Gasteiger partial charge in [-0.05, 0) is 44.8 Å². The number of hydrogen-bond donors (Lipinski definition) is 0. The quantitative estimate of drug-likeness (QED) is 0.445. The summed E-state index contributed by atoms with van der Waals surface area (Å²) < 4.78 is 1.03. The lowest BCUT2D eigenvalue weighted by atomic mass is 9.98. The zero-order chi connectivity index (χ0) is 20.2. The molecule has 1 amide bonds. The highest BCUT2D eigenvalue weighted by molar-refractivity contribution is 7.22. The molecule has 1 aliphatic rings. The smallest absolute Gasteiger partial charge is 0.264 e. The SMILES string of the molecule is CN(C)CCCN=CC1C(=O)N(c2nc3ccccc3s2)N=C1c1ccccc1. The van der Waals surface area contributed by atoms with E-state index < -0.39 is 5.92 Å². The van der Waals surface area contributed by atoms with Crippen LogP contribution in [0.3, 0.4) is 0 Å². The molecule has 0 saturated heterocycles. The lowest BCUT2D eigenvalue weighted by Gasteiger charge is -2.09. The van der Waals surface area contributed by atoms with Crippen molar-refractivity contribution in [3.8, 4) is 0 Å². The van der Waals surface area contributed by atoms with Crippen molar-refractivity contribution in [1.29, 1.82) is 0 Å². The van der Waals surface area contributed by atoms with Crippen LogP contribution in [0.2, 0.25) is 0 Å². The first-order valence-corrected chi connectivity index (χ1v) is 10.4. The summed E-state index contributed by atoms with van der Waals surface area (Å²) >= 11 is 1.47. The lowest BCUT2D eigenvalue weighted by molar-refractivity contribution is -0.118. The molecule has 148 valence electrons. The molecular weight excluding hydrogens is 382 g/mol. The minimum Gasteiger partial charge on any atom is -0.309 e. The molecule has 1 aromatic heterocycles. The Balaban J connectivity index is 1.62. The first-order chi connectivity index (χ1) is 14.1. The minimum absolute atomic E-state index is 0.112. The van der Waals surface area contributed by atoms with Gasteiger partial charge in [0.05, 0.1) is 15.9 Å². The maximum atomic E-state index is 13.2. The molecule has 4 rings (SSSR count). The average Bonchev–Trinajstić information content (AvgIpc) is 3.29. The Labute approximate surface area is 174 Å². The van der Waals surface area contributed by atoms with Gasteiger partial charge in [0.1, 0.15) is 5.92 Å². The van der Waals surface area contributed by atoms with Gasteiger partial charge >= 0.3 is 0 Å². The molecule has 0 fully saturated rings. The molecule has 0 saturated carbocycles. The van der Waals surface area contributed by atoms with Gasteiger partial charge in [-0.1, -0.05) is 53.8 Å². The van der Waals surface area contributed by atoms with Crippen molar-refractivity contribution in [2.45, 2.75) is 6.42 Å². The van der Waals surface area contributed by atoms with E-state index in [2.05, 4.69) is 20.0 Å². The summed E-state index contributed by atoms with van der Waals surface area (Å²) in [5, 5.41) is 6.69. The number of aliphatic imine (C=N–C) groups is 1. The first kappa shape index (κ1) is 19.4. The summed E-state index contributed by atoms with van der Waals surface area (Å²) in [7, 11) is 4.08. The van der Waals surface area contributed by atoms with Gasteiger partial charge in [0.25, 0.3) is 5.91 Å². The van der Waals surface area contributed by atoms with E-state index in [1.165, 1.54) is 16.3 Å². The number of aromatic nitrogens is 1. The van der Waals surface area contributed by atoms with E-state index >= 15 is 0 Å². The predicted octanol–water partition coefficient (Wildman–Crippen LogP) is 3.69. The minimum atomic E-state index is -0.497. The molecule has 0 N–H and O–H groups in total. The fourth-order valence-corrected chi connectivity index (χ4v) is 4.12. The molecule has 0 spiro atoms. The topological polar surface area (TPSA) is 61.2 Å². The van der Waals surface area contributed by atoms with Crippen LogP contribution in [0.5, 0.6) is 0 Å². The summed E-state index contributed by atoms with van der Waals surface area (Å²) in [6.45, 7) is 1.65. The molecule has 1 aliphatic heterocycles. The fraction of sp³-hybridized carbons (Fsp3) is 0.273. The normalized spacial score (nSPS) is 17.1. The van der Waals surface area contributed by atoms with E-state index in [4.69, 9.17) is 0 Å². The van der Waals surface area contributed by atoms with Gasteiger partial charge in [-0.15, -0.1) is 0 Å². The van der Waals surface area contributed by atoms with E-state index in [0.717, 1.165) is 28.7 Å². The number of amides is 1. The van der Waals surface area contributed by atoms with Crippen molar-refractivity contribution in [3.05, 3.63) is 60.2 Å². The molecule has 6 nitrogen and oxygen atoms in total. The number of hydrazone groups is 1. The Morgan fingerprint density at radius 2 is 1.90 bits per heavy atom. The predicted molar refractivity (Wildman–Crippen MR) is 120 cm³/mol. The molecule has 2 aromatic carbocycles. The standard InChI is InChI=1S/C22H23N5OS/c1-26(2)14-8-13-23-15-17-20(16-9-4-3-5-10-16)25-27(21(17)28)22-24-18-11-6-7-12-19(18)29-22/h3-7,9-12,15,17H,8,13-14H2,1-2H3. The van der Waals surface area contributed by atoms with Crippen molar-refractivity contribution in [2.75, 3.05) is 32.2 Å². The van der Waals surface area contributed by atoms with Gasteiger partial charge in [-0.2, -0.15) is 10.1 Å². The summed E-state index contributed by atoms with van der Waals surface area (Å²) in [5.41, 5.74) is 2.51. The van der Waals surface area contributed by atoms with Crippen LogP contribution < -0.4 is 5.01 Å². The van der Waals surface area contributed by atoms with Gasteiger partial charge in [0.15, 0.2) is 0 Å². The maximum absolute atomic E-state index is 13.2. The highest BCUT2D eigenvalue weighted by Crippen LogP contribution is 2.32. The molecule has 0 radical (unpaired) electrons. The molecule has 1 unspecified atom stereocenters. The highest BCUT2D eigenvalue weighted by Gasteiger charge is 2.37. The molecule has 3 aromatic rings. The number of fused-ring (bicyclic) bond motifs is 1. The van der Waals surface area contributed by atoms with Crippen molar-refractivity contribution < 1.29 is 4.79 Å². The van der Waals surface area contributed by atoms with E-state index in [-0.39, 0.29) is 5.91 Å². The van der Waals surface area contributed by atoms with E-state index in [9.17, 15) is 4.79 Å². The zero-order valence-electron chi connectivity index (χ0n) is 16.5. The Hall–Kier alpha value is -2.90. The van der Waals surface area contributed by atoms with Crippen molar-refractivity contribution >= 4 is 44.5 Å². The van der Waals surface area contributed by atoms with Crippen molar-refractivity contribution in [3.63, 3.8) is 0 Å². The third kappa shape index (κ3) is 4.26. The van der Waals surface area contributed by atoms with Gasteiger partial charge < -0.3 is 4.90 Å². The summed E-state index contributed by atoms with van der Waals surface area (Å²) in [5.74, 6) is -0.608. The van der Waals surface area contributed by atoms with Crippen LogP contribution in [-0.4, -0.2) is 54.9 Å². The second kappa shape index (κ2) is 8.63. The van der Waals surface area contributed by atoms with Crippen LogP contribution in [0, 0.1) is 5.92 Å². The highest BCUT2D eigenvalue weighted by atomic mass is 32.1. The van der Waals surface area contributed by atoms with E-state index in [1.807, 2.05) is 68.7 Å². The largest absolute Gasteiger partial charge is 0.309 e. The molecule has 7 heteroatoms. The van der Waals surface area contributed by atoms with Crippen LogP contribution >= 0.6 is 11.3 Å². The van der Waals surface area contributed by atoms with Crippen LogP contribution in [-0.2, 0) is 4.79 Å². The number of anilines is 1. The van der Waals surface area contributed by atoms with Gasteiger partial charge in [0, 0.05) is 12.8 Å². The molecule has 0 aliphatic carbocycles. The summed E-state index contributed by atoms with van der Waals surface area (Å²) in [6, 6.07) is 17.7. The van der Waals surface area contributed by atoms with Gasteiger partial charge in [0.2, 0.25) is 5.13 Å². The third-order valence-corrected chi connectivity index (χ3v) is 5.67.